The number of pyridine rings is 1. The van der Waals surface area contributed by atoms with E-state index in [1.165, 1.54) is 36.4 Å². The molecule has 1 unspecified atom stereocenters. The zero-order valence-electron chi connectivity index (χ0n) is 23.5. The first kappa shape index (κ1) is 28.4. The third kappa shape index (κ3) is 6.96. The molecule has 0 N–H and O–H groups in total. The van der Waals surface area contributed by atoms with Gasteiger partial charge in [0.2, 0.25) is 15.9 Å². The van der Waals surface area contributed by atoms with Gasteiger partial charge in [-0.3, -0.25) is 14.5 Å². The molecule has 1 aromatic carbocycles. The number of hydrogen-bond acceptors (Lipinski definition) is 6. The first-order valence-corrected chi connectivity index (χ1v) is 16.1. The molecule has 1 saturated heterocycles. The van der Waals surface area contributed by atoms with Gasteiger partial charge in [-0.1, -0.05) is 62.6 Å². The van der Waals surface area contributed by atoms with Crippen molar-refractivity contribution in [3.05, 3.63) is 66.2 Å². The van der Waals surface area contributed by atoms with Crippen LogP contribution < -0.4 is 0 Å². The first-order valence-electron chi connectivity index (χ1n) is 14.4. The smallest absolute Gasteiger partial charge is 0.241 e. The van der Waals surface area contributed by atoms with E-state index in [2.05, 4.69) is 15.3 Å². The highest BCUT2D eigenvalue weighted by Gasteiger charge is 2.41. The van der Waals surface area contributed by atoms with Gasteiger partial charge in [-0.25, -0.2) is 8.42 Å². The first-order chi connectivity index (χ1) is 19.3. The number of carbonyl (C=O) groups is 1. The Morgan fingerprint density at radius 2 is 1.65 bits per heavy atom. The summed E-state index contributed by atoms with van der Waals surface area (Å²) in [7, 11) is -3.67. The van der Waals surface area contributed by atoms with E-state index in [9.17, 15) is 13.2 Å². The lowest BCUT2D eigenvalue weighted by molar-refractivity contribution is -0.136. The van der Waals surface area contributed by atoms with Crippen LogP contribution in [0.25, 0.3) is 11.1 Å². The van der Waals surface area contributed by atoms with Crippen LogP contribution in [0.5, 0.6) is 0 Å². The van der Waals surface area contributed by atoms with Gasteiger partial charge in [0.15, 0.2) is 0 Å². The lowest BCUT2D eigenvalue weighted by Crippen LogP contribution is -2.47. The summed E-state index contributed by atoms with van der Waals surface area (Å²) < 4.78 is 30.4. The van der Waals surface area contributed by atoms with Crippen molar-refractivity contribution in [3.63, 3.8) is 0 Å². The van der Waals surface area contributed by atoms with Crippen LogP contribution in [-0.2, 0) is 34.5 Å². The Hall–Kier alpha value is -3.11. The summed E-state index contributed by atoms with van der Waals surface area (Å²) in [6, 6.07) is 11.0. The summed E-state index contributed by atoms with van der Waals surface area (Å²) in [5.41, 5.74) is 3.62. The molecule has 214 valence electrons. The van der Waals surface area contributed by atoms with Gasteiger partial charge in [-0.2, -0.15) is 4.31 Å². The Balaban J connectivity index is 1.32. The number of rotatable bonds is 9. The third-order valence-electron chi connectivity index (χ3n) is 8.03. The van der Waals surface area contributed by atoms with Crippen LogP contribution in [0.3, 0.4) is 0 Å². The third-order valence-corrected chi connectivity index (χ3v) is 9.83. The van der Waals surface area contributed by atoms with Gasteiger partial charge in [-0.05, 0) is 59.9 Å². The standard InChI is InChI=1S/C30H40N6O3S/c1-23(2)18-29-30(37)34(21-28-22-35(33-32-28)19-24-6-4-3-5-7-24)16-17-40(38,39)36(29)20-25-8-10-26(11-9-25)27-12-14-31-15-13-27/h8-15,22-24,29H,3-7,16-21H2,1-2H3. The molecule has 2 aromatic heterocycles. The largest absolute Gasteiger partial charge is 0.334 e. The second-order valence-electron chi connectivity index (χ2n) is 11.6. The molecule has 10 heteroatoms. The van der Waals surface area contributed by atoms with Crippen molar-refractivity contribution in [2.45, 2.75) is 78.0 Å². The van der Waals surface area contributed by atoms with Crippen LogP contribution in [0.2, 0.25) is 0 Å². The second kappa shape index (κ2) is 12.6. The summed E-state index contributed by atoms with van der Waals surface area (Å²) in [6.45, 7) is 5.46. The monoisotopic (exact) mass is 564 g/mol. The molecule has 5 rings (SSSR count). The molecule has 40 heavy (non-hydrogen) atoms. The Bertz CT molecular complexity index is 1370. The maximum Gasteiger partial charge on any atom is 0.241 e. The summed E-state index contributed by atoms with van der Waals surface area (Å²) in [4.78, 5) is 19.6. The minimum Gasteiger partial charge on any atom is -0.334 e. The lowest BCUT2D eigenvalue weighted by Gasteiger charge is -2.30. The molecule has 0 spiro atoms. The van der Waals surface area contributed by atoms with Gasteiger partial charge < -0.3 is 4.90 Å². The van der Waals surface area contributed by atoms with Crippen LogP contribution in [0.1, 0.15) is 63.6 Å². The number of hydrogen-bond donors (Lipinski definition) is 0. The maximum atomic E-state index is 13.9. The Labute approximate surface area is 237 Å². The Morgan fingerprint density at radius 1 is 0.950 bits per heavy atom. The van der Waals surface area contributed by atoms with Gasteiger partial charge in [0.1, 0.15) is 11.7 Å². The average Bonchev–Trinajstić information content (AvgIpc) is 3.37. The molecule has 0 radical (unpaired) electrons. The molecule has 2 aliphatic rings. The fourth-order valence-electron chi connectivity index (χ4n) is 5.87. The molecule has 0 bridgehead atoms. The molecule has 1 amide bonds. The molecule has 3 heterocycles. The average molecular weight is 565 g/mol. The summed E-state index contributed by atoms with van der Waals surface area (Å²) in [5, 5.41) is 8.65. The Kier molecular flexibility index (Phi) is 8.95. The predicted molar refractivity (Wildman–Crippen MR) is 154 cm³/mol. The number of benzene rings is 1. The normalized spacial score (nSPS) is 20.6. The fraction of sp³-hybridized carbons (Fsp3) is 0.533. The van der Waals surface area contributed by atoms with Gasteiger partial charge in [0.25, 0.3) is 0 Å². The van der Waals surface area contributed by atoms with Crippen molar-refractivity contribution >= 4 is 15.9 Å². The van der Waals surface area contributed by atoms with Crippen molar-refractivity contribution < 1.29 is 13.2 Å². The highest BCUT2D eigenvalue weighted by molar-refractivity contribution is 7.89. The van der Waals surface area contributed by atoms with E-state index in [1.54, 1.807) is 17.3 Å². The molecule has 2 fully saturated rings. The molecule has 1 aliphatic carbocycles. The van der Waals surface area contributed by atoms with E-state index in [-0.39, 0.29) is 37.2 Å². The zero-order chi connectivity index (χ0) is 28.1. The van der Waals surface area contributed by atoms with Crippen molar-refractivity contribution in [2.75, 3.05) is 12.3 Å². The van der Waals surface area contributed by atoms with Crippen molar-refractivity contribution in [3.8, 4) is 11.1 Å². The second-order valence-corrected chi connectivity index (χ2v) is 13.7. The highest BCUT2D eigenvalue weighted by Crippen LogP contribution is 2.27. The number of sulfonamides is 1. The molecular formula is C30H40N6O3S. The van der Waals surface area contributed by atoms with Crippen molar-refractivity contribution in [1.29, 1.82) is 0 Å². The van der Waals surface area contributed by atoms with E-state index in [4.69, 9.17) is 0 Å². The van der Waals surface area contributed by atoms with Crippen molar-refractivity contribution in [2.24, 2.45) is 11.8 Å². The van der Waals surface area contributed by atoms with Crippen LogP contribution in [-0.4, -0.2) is 61.8 Å². The number of carbonyl (C=O) groups excluding carboxylic acids is 1. The van der Waals surface area contributed by atoms with Crippen LogP contribution in [0.4, 0.5) is 0 Å². The van der Waals surface area contributed by atoms with Crippen LogP contribution in [0, 0.1) is 11.8 Å². The van der Waals surface area contributed by atoms with E-state index >= 15 is 0 Å². The quantitative estimate of drug-likeness (QED) is 0.379. The van der Waals surface area contributed by atoms with Gasteiger partial charge >= 0.3 is 0 Å². The number of nitrogens with zero attached hydrogens (tertiary/aromatic N) is 6. The minimum absolute atomic E-state index is 0.112. The van der Waals surface area contributed by atoms with Crippen LogP contribution >= 0.6 is 0 Å². The molecule has 9 nitrogen and oxygen atoms in total. The molecule has 1 aliphatic heterocycles. The van der Waals surface area contributed by atoms with E-state index in [0.29, 0.717) is 18.0 Å². The van der Waals surface area contributed by atoms with Gasteiger partial charge in [0, 0.05) is 32.0 Å². The summed E-state index contributed by atoms with van der Waals surface area (Å²) in [5.74, 6) is 0.497. The van der Waals surface area contributed by atoms with E-state index in [0.717, 1.165) is 23.2 Å². The topological polar surface area (TPSA) is 101 Å². The van der Waals surface area contributed by atoms with Gasteiger partial charge in [-0.15, -0.1) is 5.10 Å². The van der Waals surface area contributed by atoms with E-state index < -0.39 is 16.1 Å². The van der Waals surface area contributed by atoms with Crippen molar-refractivity contribution in [1.82, 2.24) is 29.2 Å². The Morgan fingerprint density at radius 3 is 2.35 bits per heavy atom. The van der Waals surface area contributed by atoms with Crippen LogP contribution in [0.15, 0.2) is 55.0 Å². The predicted octanol–water partition coefficient (Wildman–Crippen LogP) is 4.51. The molecule has 1 atom stereocenters. The summed E-state index contributed by atoms with van der Waals surface area (Å²) in [6.07, 6.45) is 12.2. The van der Waals surface area contributed by atoms with E-state index in [1.807, 2.05) is 61.1 Å². The highest BCUT2D eigenvalue weighted by atomic mass is 32.2. The van der Waals surface area contributed by atoms with Gasteiger partial charge in [0.05, 0.1) is 18.5 Å². The molecular weight excluding hydrogens is 524 g/mol. The fourth-order valence-corrected chi connectivity index (χ4v) is 7.46. The number of aromatic nitrogens is 4. The molecule has 1 saturated carbocycles. The minimum atomic E-state index is -3.67. The molecule has 3 aromatic rings. The SMILES string of the molecule is CC(C)CC1C(=O)N(Cc2cn(CC3CCCCC3)nn2)CCS(=O)(=O)N1Cc1ccc(-c2ccncc2)cc1. The zero-order valence-corrected chi connectivity index (χ0v) is 24.3. The number of amides is 1. The summed E-state index contributed by atoms with van der Waals surface area (Å²) >= 11 is 0. The maximum absolute atomic E-state index is 13.9. The lowest BCUT2D eigenvalue weighted by atomic mass is 9.89.